The average Bonchev–Trinajstić information content (AvgIpc) is 2.59. The maximum absolute atomic E-state index is 9.03. The van der Waals surface area contributed by atoms with Gasteiger partial charge in [-0.15, -0.1) is 0 Å². The molecule has 3 nitrogen and oxygen atoms in total. The van der Waals surface area contributed by atoms with E-state index in [9.17, 15) is 0 Å². The number of benzene rings is 1. The van der Waals surface area contributed by atoms with Crippen LogP contribution >= 0.6 is 0 Å². The van der Waals surface area contributed by atoms with Gasteiger partial charge in [0.05, 0.1) is 18.3 Å². The van der Waals surface area contributed by atoms with E-state index in [4.69, 9.17) is 5.11 Å². The molecule has 0 unspecified atom stereocenters. The van der Waals surface area contributed by atoms with Gasteiger partial charge in [-0.25, -0.2) is 0 Å². The van der Waals surface area contributed by atoms with Crippen molar-refractivity contribution in [1.82, 2.24) is 9.78 Å². The number of nitrogens with zero attached hydrogens (tertiary/aromatic N) is 2. The highest BCUT2D eigenvalue weighted by molar-refractivity contribution is 5.79. The summed E-state index contributed by atoms with van der Waals surface area (Å²) in [5.74, 6) is 0. The van der Waals surface area contributed by atoms with E-state index in [0.29, 0.717) is 6.04 Å². The van der Waals surface area contributed by atoms with E-state index in [1.807, 2.05) is 29.1 Å². The van der Waals surface area contributed by atoms with E-state index in [0.717, 1.165) is 16.5 Å². The van der Waals surface area contributed by atoms with Crippen LogP contribution in [0.2, 0.25) is 0 Å². The Morgan fingerprint density at radius 1 is 1.43 bits per heavy atom. The predicted molar refractivity (Wildman–Crippen MR) is 56.0 cm³/mol. The highest BCUT2D eigenvalue weighted by atomic mass is 16.3. The van der Waals surface area contributed by atoms with Gasteiger partial charge in [-0.3, -0.25) is 4.68 Å². The normalized spacial score (nSPS) is 11.4. The zero-order valence-electron chi connectivity index (χ0n) is 8.44. The van der Waals surface area contributed by atoms with Crippen molar-refractivity contribution < 1.29 is 5.11 Å². The summed E-state index contributed by atoms with van der Waals surface area (Å²) >= 11 is 0. The van der Waals surface area contributed by atoms with Crippen LogP contribution in [0, 0.1) is 0 Å². The first-order valence-corrected chi connectivity index (χ1v) is 4.79. The largest absolute Gasteiger partial charge is 0.392 e. The molecule has 0 radical (unpaired) electrons. The molecule has 1 aromatic heterocycles. The second kappa shape index (κ2) is 3.42. The van der Waals surface area contributed by atoms with E-state index in [2.05, 4.69) is 18.9 Å². The van der Waals surface area contributed by atoms with Crippen molar-refractivity contribution in [3.05, 3.63) is 30.0 Å². The van der Waals surface area contributed by atoms with Crippen LogP contribution in [0.5, 0.6) is 0 Å². The fraction of sp³-hybridized carbons (Fsp3) is 0.364. The van der Waals surface area contributed by atoms with Crippen molar-refractivity contribution in [2.24, 2.45) is 0 Å². The van der Waals surface area contributed by atoms with Crippen LogP contribution in [0.3, 0.4) is 0 Å². The Balaban J connectivity index is 2.63. The van der Waals surface area contributed by atoms with Gasteiger partial charge in [0, 0.05) is 11.4 Å². The second-order valence-electron chi connectivity index (χ2n) is 3.73. The minimum atomic E-state index is 0.0826. The third-order valence-corrected chi connectivity index (χ3v) is 2.33. The number of aliphatic hydroxyl groups is 1. The highest BCUT2D eigenvalue weighted by Crippen LogP contribution is 2.19. The predicted octanol–water partition coefficient (Wildman–Crippen LogP) is 2.11. The summed E-state index contributed by atoms with van der Waals surface area (Å²) in [4.78, 5) is 0. The van der Waals surface area contributed by atoms with Crippen molar-refractivity contribution in [3.63, 3.8) is 0 Å². The Bertz CT molecular complexity index is 445. The smallest absolute Gasteiger partial charge is 0.0689 e. The zero-order valence-corrected chi connectivity index (χ0v) is 8.44. The molecule has 0 saturated heterocycles. The molecule has 0 aliphatic rings. The summed E-state index contributed by atoms with van der Waals surface area (Å²) in [7, 11) is 0. The molecule has 0 bridgehead atoms. The molecular formula is C11H14N2O. The van der Waals surface area contributed by atoms with Crippen LogP contribution in [-0.2, 0) is 6.61 Å². The number of fused-ring (bicyclic) bond motifs is 1. The van der Waals surface area contributed by atoms with Gasteiger partial charge in [0.15, 0.2) is 0 Å². The maximum Gasteiger partial charge on any atom is 0.0689 e. The van der Waals surface area contributed by atoms with Gasteiger partial charge in [-0.2, -0.15) is 5.10 Å². The van der Waals surface area contributed by atoms with Crippen LogP contribution in [-0.4, -0.2) is 14.9 Å². The van der Waals surface area contributed by atoms with Crippen LogP contribution < -0.4 is 0 Å². The van der Waals surface area contributed by atoms with Gasteiger partial charge < -0.3 is 5.11 Å². The number of hydrogen-bond donors (Lipinski definition) is 1. The Morgan fingerprint density at radius 2 is 2.21 bits per heavy atom. The van der Waals surface area contributed by atoms with Gasteiger partial charge in [0.25, 0.3) is 0 Å². The van der Waals surface area contributed by atoms with E-state index in [1.165, 1.54) is 0 Å². The van der Waals surface area contributed by atoms with E-state index in [-0.39, 0.29) is 6.61 Å². The molecule has 1 aromatic carbocycles. The van der Waals surface area contributed by atoms with Gasteiger partial charge >= 0.3 is 0 Å². The summed E-state index contributed by atoms with van der Waals surface area (Å²) in [6.45, 7) is 4.27. The van der Waals surface area contributed by atoms with E-state index >= 15 is 0 Å². The number of aliphatic hydroxyl groups excluding tert-OH is 1. The number of aromatic nitrogens is 2. The lowest BCUT2D eigenvalue weighted by Gasteiger charge is -2.07. The number of hydrogen-bond acceptors (Lipinski definition) is 2. The minimum absolute atomic E-state index is 0.0826. The molecule has 0 saturated carbocycles. The van der Waals surface area contributed by atoms with Gasteiger partial charge in [-0.05, 0) is 25.5 Å². The lowest BCUT2D eigenvalue weighted by Crippen LogP contribution is -2.02. The standard InChI is InChI=1S/C11H14N2O/c1-8(2)13-11-5-9(7-14)3-4-10(11)6-12-13/h3-6,8,14H,7H2,1-2H3. The molecule has 14 heavy (non-hydrogen) atoms. The average molecular weight is 190 g/mol. The molecule has 2 aromatic rings. The lowest BCUT2D eigenvalue weighted by molar-refractivity contribution is 0.282. The second-order valence-corrected chi connectivity index (χ2v) is 3.73. The molecule has 0 aliphatic heterocycles. The first-order valence-electron chi connectivity index (χ1n) is 4.79. The van der Waals surface area contributed by atoms with Crippen molar-refractivity contribution in [1.29, 1.82) is 0 Å². The molecule has 2 rings (SSSR count). The quantitative estimate of drug-likeness (QED) is 0.787. The lowest BCUT2D eigenvalue weighted by atomic mass is 10.2. The van der Waals surface area contributed by atoms with Crippen LogP contribution in [0.4, 0.5) is 0 Å². The SMILES string of the molecule is CC(C)n1ncc2ccc(CO)cc21. The zero-order chi connectivity index (χ0) is 10.1. The summed E-state index contributed by atoms with van der Waals surface area (Å²) in [6, 6.07) is 6.26. The molecule has 0 amide bonds. The van der Waals surface area contributed by atoms with E-state index < -0.39 is 0 Å². The summed E-state index contributed by atoms with van der Waals surface area (Å²) in [6.07, 6.45) is 1.86. The molecule has 0 spiro atoms. The molecular weight excluding hydrogens is 176 g/mol. The monoisotopic (exact) mass is 190 g/mol. The van der Waals surface area contributed by atoms with Crippen LogP contribution in [0.25, 0.3) is 10.9 Å². The summed E-state index contributed by atoms with van der Waals surface area (Å²) in [5, 5.41) is 14.5. The van der Waals surface area contributed by atoms with Crippen LogP contribution in [0.15, 0.2) is 24.4 Å². The highest BCUT2D eigenvalue weighted by Gasteiger charge is 2.05. The molecule has 1 N–H and O–H groups in total. The Labute approximate surface area is 83.0 Å². The molecule has 3 heteroatoms. The van der Waals surface area contributed by atoms with Gasteiger partial charge in [-0.1, -0.05) is 12.1 Å². The third-order valence-electron chi connectivity index (χ3n) is 2.33. The minimum Gasteiger partial charge on any atom is -0.392 e. The first kappa shape index (κ1) is 9.21. The molecule has 0 fully saturated rings. The Morgan fingerprint density at radius 3 is 2.86 bits per heavy atom. The van der Waals surface area contributed by atoms with Gasteiger partial charge in [0.2, 0.25) is 0 Å². The summed E-state index contributed by atoms with van der Waals surface area (Å²) < 4.78 is 1.97. The first-order chi connectivity index (χ1) is 6.72. The third kappa shape index (κ3) is 1.40. The molecule has 1 heterocycles. The van der Waals surface area contributed by atoms with Gasteiger partial charge in [0.1, 0.15) is 0 Å². The fourth-order valence-corrected chi connectivity index (χ4v) is 1.59. The number of rotatable bonds is 2. The molecule has 0 aliphatic carbocycles. The Kier molecular flexibility index (Phi) is 2.25. The van der Waals surface area contributed by atoms with Crippen molar-refractivity contribution in [2.75, 3.05) is 0 Å². The maximum atomic E-state index is 9.03. The van der Waals surface area contributed by atoms with E-state index in [1.54, 1.807) is 0 Å². The van der Waals surface area contributed by atoms with Crippen molar-refractivity contribution in [3.8, 4) is 0 Å². The van der Waals surface area contributed by atoms with Crippen LogP contribution in [0.1, 0.15) is 25.5 Å². The fourth-order valence-electron chi connectivity index (χ4n) is 1.59. The van der Waals surface area contributed by atoms with Crippen molar-refractivity contribution in [2.45, 2.75) is 26.5 Å². The Hall–Kier alpha value is -1.35. The topological polar surface area (TPSA) is 38.0 Å². The molecule has 74 valence electrons. The van der Waals surface area contributed by atoms with Crippen molar-refractivity contribution >= 4 is 10.9 Å². The summed E-state index contributed by atoms with van der Waals surface area (Å²) in [5.41, 5.74) is 2.02. The molecule has 0 atom stereocenters.